The zero-order chi connectivity index (χ0) is 45.6. The van der Waals surface area contributed by atoms with E-state index >= 15 is 0 Å². The van der Waals surface area contributed by atoms with Crippen molar-refractivity contribution in [3.63, 3.8) is 0 Å². The predicted molar refractivity (Wildman–Crippen MR) is 292 cm³/mol. The summed E-state index contributed by atoms with van der Waals surface area (Å²) in [6, 6.07) is 84.8. The Hall–Kier alpha value is -8.72. The van der Waals surface area contributed by atoms with Crippen LogP contribution in [0.25, 0.3) is 123 Å². The molecule has 0 aliphatic heterocycles. The Labute approximate surface area is 397 Å². The van der Waals surface area contributed by atoms with Crippen LogP contribution in [-0.2, 0) is 0 Å². The third-order valence-corrected chi connectivity index (χ3v) is 13.4. The largest absolute Gasteiger partial charge is 0.309 e. The lowest BCUT2D eigenvalue weighted by atomic mass is 9.97. The minimum absolute atomic E-state index is 1.14. The average Bonchev–Trinajstić information content (AvgIpc) is 3.91. The predicted octanol–water partition coefficient (Wildman–Crippen LogP) is 18.3. The van der Waals surface area contributed by atoms with E-state index in [1.165, 1.54) is 110 Å². The number of para-hydroxylation sites is 2. The van der Waals surface area contributed by atoms with Gasteiger partial charge in [0.1, 0.15) is 0 Å². The Morgan fingerprint density at radius 2 is 0.574 bits per heavy atom. The van der Waals surface area contributed by atoms with E-state index in [9.17, 15) is 0 Å². The second-order valence-corrected chi connectivity index (χ2v) is 17.7. The Kier molecular flexibility index (Phi) is 10.3. The number of allylic oxidation sites excluding steroid dienone is 2. The molecular formula is C66H48N2. The van der Waals surface area contributed by atoms with E-state index in [0.717, 1.165) is 11.4 Å². The molecule has 2 heteroatoms. The van der Waals surface area contributed by atoms with Gasteiger partial charge in [-0.1, -0.05) is 170 Å². The highest BCUT2D eigenvalue weighted by molar-refractivity contribution is 6.13. The van der Waals surface area contributed by atoms with Crippen molar-refractivity contribution in [3.05, 3.63) is 254 Å². The average molecular weight is 869 g/mol. The lowest BCUT2D eigenvalue weighted by Gasteiger charge is -2.12. The van der Waals surface area contributed by atoms with E-state index in [1.807, 2.05) is 0 Å². The standard InChI is InChI=1S/C66H48N2/c1-3-15-45-17-9-19-47(37-45)49-21-11-23-51(39-49)53-25-13-27-57(41-53)67-63-31-7-5-29-59(63)61-43-55(33-35-65(61)67)56-34-36-66-62(44-56)60-30-6-8-32-64(60)68(66)58-28-14-26-54(42-58)52-24-12-22-50(40-52)48-20-10-18-46(38-48)16-4-2/h3-44H,1-2H3/b15-3+,16-4+. The van der Waals surface area contributed by atoms with Crippen molar-refractivity contribution < 1.29 is 0 Å². The molecule has 0 radical (unpaired) electrons. The van der Waals surface area contributed by atoms with Crippen LogP contribution in [0.2, 0.25) is 0 Å². The molecule has 12 aromatic rings. The first kappa shape index (κ1) is 40.8. The van der Waals surface area contributed by atoms with Gasteiger partial charge in [-0.3, -0.25) is 0 Å². The molecular weight excluding hydrogens is 821 g/mol. The molecule has 68 heavy (non-hydrogen) atoms. The van der Waals surface area contributed by atoms with Crippen molar-refractivity contribution in [2.45, 2.75) is 13.8 Å². The van der Waals surface area contributed by atoms with E-state index in [0.29, 0.717) is 0 Å². The van der Waals surface area contributed by atoms with Crippen LogP contribution in [0.3, 0.4) is 0 Å². The second-order valence-electron chi connectivity index (χ2n) is 17.7. The summed E-state index contributed by atoms with van der Waals surface area (Å²) in [5, 5.41) is 4.95. The summed E-state index contributed by atoms with van der Waals surface area (Å²) in [6.45, 7) is 4.12. The van der Waals surface area contributed by atoms with Crippen LogP contribution in [-0.4, -0.2) is 9.13 Å². The van der Waals surface area contributed by atoms with E-state index in [1.54, 1.807) is 0 Å². The van der Waals surface area contributed by atoms with Crippen LogP contribution in [0.1, 0.15) is 25.0 Å². The number of fused-ring (bicyclic) bond motifs is 6. The van der Waals surface area contributed by atoms with Crippen LogP contribution in [0.15, 0.2) is 243 Å². The highest BCUT2D eigenvalue weighted by Gasteiger charge is 2.17. The summed E-state index contributed by atoms with van der Waals surface area (Å²) < 4.78 is 4.85. The number of nitrogens with zero attached hydrogens (tertiary/aromatic N) is 2. The van der Waals surface area contributed by atoms with Crippen molar-refractivity contribution in [3.8, 4) is 67.0 Å². The van der Waals surface area contributed by atoms with Crippen LogP contribution in [0, 0.1) is 0 Å². The Morgan fingerprint density at radius 3 is 0.985 bits per heavy atom. The minimum atomic E-state index is 1.14. The number of hydrogen-bond donors (Lipinski definition) is 0. The molecule has 0 unspecified atom stereocenters. The molecule has 0 aliphatic carbocycles. The number of benzene rings is 10. The van der Waals surface area contributed by atoms with Gasteiger partial charge in [0.2, 0.25) is 0 Å². The molecule has 2 heterocycles. The normalized spacial score (nSPS) is 11.9. The van der Waals surface area contributed by atoms with Gasteiger partial charge >= 0.3 is 0 Å². The summed E-state index contributed by atoms with van der Waals surface area (Å²) in [5.74, 6) is 0. The molecule has 0 atom stereocenters. The van der Waals surface area contributed by atoms with Crippen molar-refractivity contribution in [1.29, 1.82) is 0 Å². The van der Waals surface area contributed by atoms with E-state index in [4.69, 9.17) is 0 Å². The number of aromatic nitrogens is 2. The molecule has 0 fully saturated rings. The summed E-state index contributed by atoms with van der Waals surface area (Å²) >= 11 is 0. The van der Waals surface area contributed by atoms with E-state index < -0.39 is 0 Å². The molecule has 0 aliphatic rings. The van der Waals surface area contributed by atoms with E-state index in [-0.39, 0.29) is 0 Å². The summed E-state index contributed by atoms with van der Waals surface area (Å²) in [5.41, 5.74) is 21.5. The van der Waals surface area contributed by atoms with Gasteiger partial charge in [-0.25, -0.2) is 0 Å². The van der Waals surface area contributed by atoms with Gasteiger partial charge in [-0.05, 0) is 166 Å². The Morgan fingerprint density at radius 1 is 0.250 bits per heavy atom. The zero-order valence-corrected chi connectivity index (χ0v) is 38.1. The van der Waals surface area contributed by atoms with Crippen molar-refractivity contribution in [2.24, 2.45) is 0 Å². The Balaban J connectivity index is 0.913. The fourth-order valence-electron chi connectivity index (χ4n) is 10.3. The first-order valence-corrected chi connectivity index (χ1v) is 23.5. The molecule has 10 aromatic carbocycles. The monoisotopic (exact) mass is 868 g/mol. The maximum Gasteiger partial charge on any atom is 0.0541 e. The maximum absolute atomic E-state index is 2.42. The topological polar surface area (TPSA) is 9.86 Å². The smallest absolute Gasteiger partial charge is 0.0541 e. The first-order chi connectivity index (χ1) is 33.6. The first-order valence-electron chi connectivity index (χ1n) is 23.5. The third-order valence-electron chi connectivity index (χ3n) is 13.4. The van der Waals surface area contributed by atoms with Crippen LogP contribution in [0.4, 0.5) is 0 Å². The van der Waals surface area contributed by atoms with Crippen molar-refractivity contribution in [1.82, 2.24) is 9.13 Å². The van der Waals surface area contributed by atoms with E-state index in [2.05, 4.69) is 278 Å². The fourth-order valence-corrected chi connectivity index (χ4v) is 10.3. The highest BCUT2D eigenvalue weighted by Crippen LogP contribution is 2.40. The molecule has 12 rings (SSSR count). The molecule has 0 saturated carbocycles. The minimum Gasteiger partial charge on any atom is -0.309 e. The summed E-state index contributed by atoms with van der Waals surface area (Å²) in [6.07, 6.45) is 8.48. The third kappa shape index (κ3) is 7.33. The molecule has 2 nitrogen and oxygen atoms in total. The van der Waals surface area contributed by atoms with Crippen molar-refractivity contribution in [2.75, 3.05) is 0 Å². The van der Waals surface area contributed by atoms with Gasteiger partial charge in [0.25, 0.3) is 0 Å². The number of rotatable bonds is 9. The lowest BCUT2D eigenvalue weighted by Crippen LogP contribution is -1.94. The van der Waals surface area contributed by atoms with Gasteiger partial charge in [-0.2, -0.15) is 0 Å². The van der Waals surface area contributed by atoms with Gasteiger partial charge in [-0.15, -0.1) is 0 Å². The molecule has 0 spiro atoms. The molecule has 2 aromatic heterocycles. The molecule has 0 saturated heterocycles. The number of hydrogen-bond acceptors (Lipinski definition) is 0. The van der Waals surface area contributed by atoms with Crippen LogP contribution in [0.5, 0.6) is 0 Å². The SMILES string of the molecule is C/C=C/c1cccc(-c2cccc(-c3cccc(-n4c5ccccc5c5cc(-c6ccc7c(c6)c6ccccc6n7-c6cccc(-c7cccc(-c8cccc(/C=C/C)c8)c7)c6)ccc54)c3)c2)c1. The fraction of sp³-hybridized carbons (Fsp3) is 0.0303. The quantitative estimate of drug-likeness (QED) is 0.137. The van der Waals surface area contributed by atoms with Crippen molar-refractivity contribution >= 4 is 55.8 Å². The zero-order valence-electron chi connectivity index (χ0n) is 38.1. The van der Waals surface area contributed by atoms with Gasteiger partial charge in [0.15, 0.2) is 0 Å². The molecule has 322 valence electrons. The highest BCUT2D eigenvalue weighted by atomic mass is 15.0. The Bertz CT molecular complexity index is 3690. The van der Waals surface area contributed by atoms with Crippen LogP contribution >= 0.6 is 0 Å². The summed E-state index contributed by atoms with van der Waals surface area (Å²) in [7, 11) is 0. The molecule has 0 bridgehead atoms. The van der Waals surface area contributed by atoms with Crippen LogP contribution < -0.4 is 0 Å². The molecule has 0 amide bonds. The second kappa shape index (κ2) is 17.3. The lowest BCUT2D eigenvalue weighted by molar-refractivity contribution is 1.18. The summed E-state index contributed by atoms with van der Waals surface area (Å²) in [4.78, 5) is 0. The van der Waals surface area contributed by atoms with Gasteiger partial charge < -0.3 is 9.13 Å². The van der Waals surface area contributed by atoms with Gasteiger partial charge in [0, 0.05) is 32.9 Å². The maximum atomic E-state index is 2.42. The van der Waals surface area contributed by atoms with Gasteiger partial charge in [0.05, 0.1) is 22.1 Å². The molecule has 0 N–H and O–H groups in total.